The fraction of sp³-hybridized carbons (Fsp3) is 0.857. The van der Waals surface area contributed by atoms with Crippen LogP contribution in [0.1, 0.15) is 58.3 Å². The minimum absolute atomic E-state index is 0.118. The Morgan fingerprint density at radius 1 is 1.27 bits per heavy atom. The first-order valence-corrected chi connectivity index (χ1v) is 6.64. The zero-order valence-corrected chi connectivity index (χ0v) is 9.91. The smallest absolute Gasteiger partial charge is 0.0778 e. The molecule has 2 rings (SSSR count). The maximum atomic E-state index is 10.3. The summed E-state index contributed by atoms with van der Waals surface area (Å²) in [5.74, 6) is 1.38. The number of hydrogen-bond acceptors (Lipinski definition) is 1. The fourth-order valence-electron chi connectivity index (χ4n) is 3.20. The first-order chi connectivity index (χ1) is 7.27. The van der Waals surface area contributed by atoms with Crippen molar-refractivity contribution in [3.05, 3.63) is 11.6 Å². The van der Waals surface area contributed by atoms with Gasteiger partial charge in [-0.05, 0) is 55.9 Å². The maximum Gasteiger partial charge on any atom is 0.0778 e. The summed E-state index contributed by atoms with van der Waals surface area (Å²) in [4.78, 5) is 0. The molecule has 0 aromatic carbocycles. The Morgan fingerprint density at radius 2 is 2.13 bits per heavy atom. The molecule has 1 N–H and O–H groups in total. The highest BCUT2D eigenvalue weighted by molar-refractivity contribution is 5.12. The standard InChI is InChI=1S/C14H24O/c1-11-6-5-9-13(10-11)14(15)12-7-3-2-4-8-12/h7,11,13-15H,2-6,8-10H2,1H3. The van der Waals surface area contributed by atoms with E-state index in [4.69, 9.17) is 0 Å². The molecule has 2 aliphatic carbocycles. The van der Waals surface area contributed by atoms with E-state index in [9.17, 15) is 5.11 Å². The molecule has 1 nitrogen and oxygen atoms in total. The van der Waals surface area contributed by atoms with Crippen molar-refractivity contribution >= 4 is 0 Å². The quantitative estimate of drug-likeness (QED) is 0.686. The summed E-state index contributed by atoms with van der Waals surface area (Å²) in [5.41, 5.74) is 1.35. The largest absolute Gasteiger partial charge is 0.388 e. The van der Waals surface area contributed by atoms with Crippen LogP contribution in [0.3, 0.4) is 0 Å². The van der Waals surface area contributed by atoms with Crippen LogP contribution in [0.5, 0.6) is 0 Å². The molecule has 0 amide bonds. The van der Waals surface area contributed by atoms with Gasteiger partial charge in [-0.3, -0.25) is 0 Å². The van der Waals surface area contributed by atoms with Crippen LogP contribution in [0, 0.1) is 11.8 Å². The van der Waals surface area contributed by atoms with E-state index in [1.165, 1.54) is 50.5 Å². The van der Waals surface area contributed by atoms with Gasteiger partial charge >= 0.3 is 0 Å². The molecule has 1 heteroatoms. The van der Waals surface area contributed by atoms with Gasteiger partial charge in [0.25, 0.3) is 0 Å². The minimum Gasteiger partial charge on any atom is -0.388 e. The van der Waals surface area contributed by atoms with Crippen molar-refractivity contribution in [1.29, 1.82) is 0 Å². The summed E-state index contributed by atoms with van der Waals surface area (Å²) >= 11 is 0. The molecule has 0 bridgehead atoms. The lowest BCUT2D eigenvalue weighted by molar-refractivity contribution is 0.0953. The lowest BCUT2D eigenvalue weighted by atomic mass is 9.76. The molecule has 2 aliphatic rings. The van der Waals surface area contributed by atoms with Crippen LogP contribution in [-0.4, -0.2) is 11.2 Å². The van der Waals surface area contributed by atoms with E-state index in [1.807, 2.05) is 0 Å². The summed E-state index contributed by atoms with van der Waals surface area (Å²) in [6.07, 6.45) is 12.3. The van der Waals surface area contributed by atoms with Crippen LogP contribution >= 0.6 is 0 Å². The number of allylic oxidation sites excluding steroid dienone is 1. The topological polar surface area (TPSA) is 20.2 Å². The molecule has 0 radical (unpaired) electrons. The molecule has 0 spiro atoms. The van der Waals surface area contributed by atoms with E-state index in [1.54, 1.807) is 0 Å². The highest BCUT2D eigenvalue weighted by atomic mass is 16.3. The number of hydrogen-bond donors (Lipinski definition) is 1. The number of aliphatic hydroxyl groups excluding tert-OH is 1. The zero-order chi connectivity index (χ0) is 10.7. The van der Waals surface area contributed by atoms with Gasteiger partial charge in [-0.1, -0.05) is 25.8 Å². The summed E-state index contributed by atoms with van der Waals surface area (Å²) < 4.78 is 0. The molecule has 3 atom stereocenters. The Bertz CT molecular complexity index is 231. The molecule has 0 aromatic heterocycles. The average Bonchev–Trinajstić information content (AvgIpc) is 2.29. The molecule has 1 fully saturated rings. The Morgan fingerprint density at radius 3 is 2.80 bits per heavy atom. The normalized spacial score (nSPS) is 34.7. The monoisotopic (exact) mass is 208 g/mol. The van der Waals surface area contributed by atoms with Crippen LogP contribution in [0.2, 0.25) is 0 Å². The molecule has 0 saturated heterocycles. The second-order valence-corrected chi connectivity index (χ2v) is 5.50. The maximum absolute atomic E-state index is 10.3. The van der Waals surface area contributed by atoms with Crippen molar-refractivity contribution in [1.82, 2.24) is 0 Å². The second kappa shape index (κ2) is 5.16. The van der Waals surface area contributed by atoms with Gasteiger partial charge < -0.3 is 5.11 Å². The van der Waals surface area contributed by atoms with Gasteiger partial charge in [0.15, 0.2) is 0 Å². The molecule has 86 valence electrons. The Hall–Kier alpha value is -0.300. The van der Waals surface area contributed by atoms with Crippen LogP contribution in [0.25, 0.3) is 0 Å². The van der Waals surface area contributed by atoms with Crippen LogP contribution in [-0.2, 0) is 0 Å². The van der Waals surface area contributed by atoms with Gasteiger partial charge in [-0.15, -0.1) is 0 Å². The van der Waals surface area contributed by atoms with Crippen LogP contribution < -0.4 is 0 Å². The Kier molecular flexibility index (Phi) is 3.85. The van der Waals surface area contributed by atoms with Crippen LogP contribution in [0.4, 0.5) is 0 Å². The molecule has 0 aliphatic heterocycles. The highest BCUT2D eigenvalue weighted by Gasteiger charge is 2.27. The average molecular weight is 208 g/mol. The molecule has 0 heterocycles. The van der Waals surface area contributed by atoms with Crippen molar-refractivity contribution in [2.75, 3.05) is 0 Å². The Labute approximate surface area is 93.6 Å². The Balaban J connectivity index is 1.93. The van der Waals surface area contributed by atoms with E-state index in [-0.39, 0.29) is 6.10 Å². The van der Waals surface area contributed by atoms with E-state index in [2.05, 4.69) is 13.0 Å². The molecule has 0 aromatic rings. The van der Waals surface area contributed by atoms with E-state index in [0.717, 1.165) is 12.3 Å². The zero-order valence-electron chi connectivity index (χ0n) is 9.91. The molecule has 1 saturated carbocycles. The molecular weight excluding hydrogens is 184 g/mol. The van der Waals surface area contributed by atoms with Gasteiger partial charge in [-0.2, -0.15) is 0 Å². The van der Waals surface area contributed by atoms with Gasteiger partial charge in [0.05, 0.1) is 6.10 Å². The summed E-state index contributed by atoms with van der Waals surface area (Å²) in [5, 5.41) is 10.3. The van der Waals surface area contributed by atoms with Crippen molar-refractivity contribution in [2.45, 2.75) is 64.4 Å². The fourth-order valence-corrected chi connectivity index (χ4v) is 3.20. The third-order valence-corrected chi connectivity index (χ3v) is 4.13. The van der Waals surface area contributed by atoms with Crippen molar-refractivity contribution in [2.24, 2.45) is 11.8 Å². The van der Waals surface area contributed by atoms with Gasteiger partial charge in [-0.25, -0.2) is 0 Å². The van der Waals surface area contributed by atoms with Gasteiger partial charge in [0.2, 0.25) is 0 Å². The third kappa shape index (κ3) is 2.84. The van der Waals surface area contributed by atoms with Gasteiger partial charge in [0, 0.05) is 0 Å². The van der Waals surface area contributed by atoms with Crippen molar-refractivity contribution < 1.29 is 5.11 Å². The summed E-state index contributed by atoms with van der Waals surface area (Å²) in [6, 6.07) is 0. The summed E-state index contributed by atoms with van der Waals surface area (Å²) in [7, 11) is 0. The van der Waals surface area contributed by atoms with E-state index >= 15 is 0 Å². The van der Waals surface area contributed by atoms with E-state index < -0.39 is 0 Å². The summed E-state index contributed by atoms with van der Waals surface area (Å²) in [6.45, 7) is 2.33. The highest BCUT2D eigenvalue weighted by Crippen LogP contribution is 2.35. The molecule has 3 unspecified atom stereocenters. The predicted octanol–water partition coefficient (Wildman–Crippen LogP) is 3.67. The predicted molar refractivity (Wildman–Crippen MR) is 63.7 cm³/mol. The van der Waals surface area contributed by atoms with Gasteiger partial charge in [0.1, 0.15) is 0 Å². The first kappa shape index (κ1) is 11.2. The van der Waals surface area contributed by atoms with Crippen molar-refractivity contribution in [3.8, 4) is 0 Å². The van der Waals surface area contributed by atoms with Crippen LogP contribution in [0.15, 0.2) is 11.6 Å². The minimum atomic E-state index is -0.118. The SMILES string of the molecule is CC1CCCC(C(O)C2=CCCCC2)C1. The lowest BCUT2D eigenvalue weighted by Crippen LogP contribution is -2.28. The lowest BCUT2D eigenvalue weighted by Gasteiger charge is -2.32. The number of aliphatic hydroxyl groups is 1. The molecule has 15 heavy (non-hydrogen) atoms. The van der Waals surface area contributed by atoms with Crippen molar-refractivity contribution in [3.63, 3.8) is 0 Å². The first-order valence-electron chi connectivity index (χ1n) is 6.64. The molecular formula is C14H24O. The second-order valence-electron chi connectivity index (χ2n) is 5.50. The number of rotatable bonds is 2. The third-order valence-electron chi connectivity index (χ3n) is 4.13. The van der Waals surface area contributed by atoms with E-state index in [0.29, 0.717) is 5.92 Å².